The normalized spacial score (nSPS) is 16.4. The summed E-state index contributed by atoms with van der Waals surface area (Å²) in [5, 5.41) is 22.9. The molecule has 8 heterocycles. The van der Waals surface area contributed by atoms with Gasteiger partial charge >= 0.3 is 5.97 Å². The molecule has 21 nitrogen and oxygen atoms in total. The summed E-state index contributed by atoms with van der Waals surface area (Å²) >= 11 is 13.3. The first kappa shape index (κ1) is 90.2. The summed E-state index contributed by atoms with van der Waals surface area (Å²) in [7, 11) is 3.13. The number of nitrogens with one attached hydrogen (secondary N) is 1. The number of alkyl halides is 1. The number of nitrogens with zero attached hydrogens (tertiary/aromatic N) is 8. The van der Waals surface area contributed by atoms with Crippen LogP contribution in [-0.4, -0.2) is 96.2 Å². The van der Waals surface area contributed by atoms with E-state index in [-0.39, 0.29) is 77.3 Å². The van der Waals surface area contributed by atoms with Crippen LogP contribution in [0.25, 0.3) is 66.5 Å². The number of carbonyl (C=O) groups excluding carboxylic acids is 3. The third kappa shape index (κ3) is 18.0. The first-order valence-electron chi connectivity index (χ1n) is 42.1. The van der Waals surface area contributed by atoms with E-state index in [1.165, 1.54) is 74.7 Å². The number of thiophene rings is 1. The molecule has 3 atom stereocenters. The lowest BCUT2D eigenvalue weighted by atomic mass is 9.97. The van der Waals surface area contributed by atoms with Gasteiger partial charge in [0.25, 0.3) is 11.6 Å². The zero-order valence-electron chi connectivity index (χ0n) is 72.1. The number of imidazole rings is 3. The Hall–Kier alpha value is -13.8. The van der Waals surface area contributed by atoms with Gasteiger partial charge in [0.1, 0.15) is 69.0 Å². The Morgan fingerprint density at radius 1 is 0.523 bits per heavy atom. The number of ether oxygens (including phenoxy) is 7. The number of anilines is 1. The molecule has 1 aliphatic carbocycles. The standard InChI is InChI=1S/C35H30ClF2N3O5.C34H27ClF3N3O3.C32H25F2N3O4S/c1-20(42)21-6-11-29-31(18-21)41(14-15-45-2)32(39-29)19-26-27(37)16-22(17-28(26)38)25-4-3-5-30-34(25)46-35(40-30,13-12-33(43)44)23-7-9-24(36)10-8-23;1-19(42)20-6-8-27-28(14-20)41(18-34(17-36)10-11-34)31(40-27)15-24-25(37)12-21(13-26(24)38)23-4-3-5-29-32(23)44-33(2,43-29)30-9-7-22(35)16-39-30;1-18(38)19-7-9-26-27(15-19)37(11-12-39-3)30(36-26)16-23-24(33)13-20(14-25(23)34)22-5-4-6-28-31(22)41-32(2,40-28)29-10-8-21(17-35)42-29/h3-11,16-18,40H,12-15,19H2,1-2H3,(H,43,44);3-9,12-14,16H,10-11,15,17-18H2,1-2H3;4-10,13-15H,11-12,16H2,1-3H3. The maximum absolute atomic E-state index is 15.8. The number of hydrogen-bond donors (Lipinski definition) is 2. The van der Waals surface area contributed by atoms with Crippen molar-refractivity contribution >= 4 is 96.6 Å². The number of carboxylic acid groups (broad SMARTS) is 1. The van der Waals surface area contributed by atoms with Crippen LogP contribution < -0.4 is 29.0 Å². The Bertz CT molecular complexity index is 7110. The molecule has 0 bridgehead atoms. The molecule has 3 aliphatic heterocycles. The van der Waals surface area contributed by atoms with E-state index in [0.717, 1.165) is 0 Å². The van der Waals surface area contributed by atoms with Gasteiger partial charge in [0.05, 0.1) is 75.0 Å². The van der Waals surface area contributed by atoms with E-state index in [4.69, 9.17) is 56.4 Å². The number of Topliss-reactive ketones (excluding diaryl/α,β-unsaturated/α-hetero) is 3. The summed E-state index contributed by atoms with van der Waals surface area (Å²) < 4.78 is 156. The van der Waals surface area contributed by atoms with Crippen LogP contribution in [0.5, 0.6) is 28.7 Å². The van der Waals surface area contributed by atoms with Crippen molar-refractivity contribution in [2.75, 3.05) is 39.4 Å². The van der Waals surface area contributed by atoms with Crippen molar-refractivity contribution < 1.29 is 88.2 Å². The molecule has 5 aromatic heterocycles. The van der Waals surface area contributed by atoms with E-state index in [2.05, 4.69) is 31.3 Å². The summed E-state index contributed by atoms with van der Waals surface area (Å²) in [6.45, 7) is 9.15. The number of carbonyl (C=O) groups is 4. The number of carboxylic acids is 1. The van der Waals surface area contributed by atoms with Crippen LogP contribution in [0.2, 0.25) is 10.0 Å². The number of hydrogen-bond acceptors (Lipinski definition) is 18. The van der Waals surface area contributed by atoms with E-state index < -0.39 is 70.3 Å². The van der Waals surface area contributed by atoms with Crippen molar-refractivity contribution in [1.29, 1.82) is 5.26 Å². The van der Waals surface area contributed by atoms with Crippen LogP contribution in [0.4, 0.5) is 36.4 Å². The molecular formula is C101H82Cl2F7N9O12S. The molecule has 0 amide bonds. The fourth-order valence-corrected chi connectivity index (χ4v) is 17.8. The Morgan fingerprint density at radius 3 is 1.37 bits per heavy atom. The molecule has 672 valence electrons. The van der Waals surface area contributed by atoms with Crippen molar-refractivity contribution in [2.24, 2.45) is 5.41 Å². The van der Waals surface area contributed by atoms with Crippen molar-refractivity contribution in [3.63, 3.8) is 0 Å². The molecule has 31 heteroatoms. The van der Waals surface area contributed by atoms with Gasteiger partial charge in [-0.25, -0.2) is 41.3 Å². The van der Waals surface area contributed by atoms with Gasteiger partial charge in [0.2, 0.25) is 5.72 Å². The number of pyridine rings is 1. The molecular weight excluding hydrogens is 1770 g/mol. The van der Waals surface area contributed by atoms with Crippen molar-refractivity contribution in [1.82, 2.24) is 33.6 Å². The third-order valence-electron chi connectivity index (χ3n) is 24.0. The van der Waals surface area contributed by atoms with E-state index >= 15 is 26.3 Å². The summed E-state index contributed by atoms with van der Waals surface area (Å²) in [5.41, 5.74) is 6.98. The average Bonchev–Trinajstić information content (AvgIpc) is 1.62. The Balaban J connectivity index is 0.000000138. The van der Waals surface area contributed by atoms with E-state index in [1.54, 1.807) is 186 Å². The van der Waals surface area contributed by atoms with Crippen LogP contribution in [0.3, 0.4) is 0 Å². The molecule has 4 aliphatic rings. The molecule has 3 unspecified atom stereocenters. The number of halogens is 9. The highest BCUT2D eigenvalue weighted by molar-refractivity contribution is 7.12. The number of ketones is 3. The number of aliphatic carboxylic acids is 1. The maximum atomic E-state index is 15.8. The minimum Gasteiger partial charge on any atom is -0.481 e. The lowest BCUT2D eigenvalue weighted by molar-refractivity contribution is -0.138. The second kappa shape index (κ2) is 36.5. The molecule has 19 rings (SSSR count). The number of benzene rings is 10. The zero-order chi connectivity index (χ0) is 93.0. The Kier molecular flexibility index (Phi) is 25.0. The molecule has 0 radical (unpaired) electrons. The molecule has 15 aromatic rings. The van der Waals surface area contributed by atoms with E-state index in [1.807, 2.05) is 13.7 Å². The molecule has 2 N–H and O–H groups in total. The smallest absolute Gasteiger partial charge is 0.303 e. The van der Waals surface area contributed by atoms with Gasteiger partial charge in [0, 0.05) is 146 Å². The summed E-state index contributed by atoms with van der Waals surface area (Å²) in [6.07, 6.45) is 2.42. The minimum atomic E-state index is -1.26. The van der Waals surface area contributed by atoms with Gasteiger partial charge in [-0.05, 0) is 196 Å². The molecule has 0 saturated heterocycles. The first-order chi connectivity index (χ1) is 63.4. The van der Waals surface area contributed by atoms with Crippen LogP contribution >= 0.6 is 34.5 Å². The lowest BCUT2D eigenvalue weighted by Gasteiger charge is -2.29. The first-order valence-corrected chi connectivity index (χ1v) is 43.7. The molecule has 1 fully saturated rings. The number of rotatable bonds is 27. The number of nitriles is 1. The largest absolute Gasteiger partial charge is 0.481 e. The monoisotopic (exact) mass is 1850 g/mol. The lowest BCUT2D eigenvalue weighted by Crippen LogP contribution is -2.37. The van der Waals surface area contributed by atoms with Gasteiger partial charge in [-0.15, -0.1) is 11.3 Å². The predicted octanol–water partition coefficient (Wildman–Crippen LogP) is 22.8. The minimum absolute atomic E-state index is 0.0811. The van der Waals surface area contributed by atoms with Gasteiger partial charge in [-0.3, -0.25) is 28.6 Å². The highest BCUT2D eigenvalue weighted by Crippen LogP contribution is 2.55. The van der Waals surface area contributed by atoms with Crippen LogP contribution in [0, 0.1) is 51.6 Å². The zero-order valence-corrected chi connectivity index (χ0v) is 74.4. The van der Waals surface area contributed by atoms with Gasteiger partial charge < -0.3 is 57.3 Å². The Labute approximate surface area is 765 Å². The highest BCUT2D eigenvalue weighted by Gasteiger charge is 2.47. The molecule has 1 saturated carbocycles. The van der Waals surface area contributed by atoms with Crippen LogP contribution in [-0.2, 0) is 70.5 Å². The second-order valence-corrected chi connectivity index (χ2v) is 35.0. The number of aromatic nitrogens is 7. The molecule has 132 heavy (non-hydrogen) atoms. The number of fused-ring (bicyclic) bond motifs is 6. The highest BCUT2D eigenvalue weighted by atomic mass is 35.5. The topological polar surface area (TPSA) is 255 Å². The van der Waals surface area contributed by atoms with Gasteiger partial charge in [-0.1, -0.05) is 71.7 Å². The number of para-hydroxylation sites is 3. The SMILES string of the molecule is CC(=O)c1ccc2nc(Cc3c(F)cc(-c4cccc5c4OC(C)(c4ccc(Cl)cn4)O5)cc3F)n(CC3(CF)CC3)c2c1.COCCn1c(Cc2c(F)cc(-c3cccc4c3OC(C)(c3ccc(C#N)s3)O4)cc2F)nc2ccc(C(C)=O)cc21.COCCn1c(Cc2c(F)cc(-c3cccc4c3OC(CCC(=O)O)(c3ccc(Cl)cc3)N4)cc2F)nc2ccc(C(C)=O)cc21. The quantitative estimate of drug-likeness (QED) is 0.0358. The Morgan fingerprint density at radius 2 is 0.955 bits per heavy atom. The number of methoxy groups -OCH3 is 2. The predicted molar refractivity (Wildman–Crippen MR) is 484 cm³/mol. The third-order valence-corrected chi connectivity index (χ3v) is 25.6. The van der Waals surface area contributed by atoms with E-state index in [0.29, 0.717) is 201 Å². The second-order valence-electron chi connectivity index (χ2n) is 33.0. The van der Waals surface area contributed by atoms with E-state index in [9.17, 15) is 33.9 Å². The summed E-state index contributed by atoms with van der Waals surface area (Å²) in [6, 6.07) is 54.3. The van der Waals surface area contributed by atoms with Crippen LogP contribution in [0.15, 0.2) is 200 Å². The van der Waals surface area contributed by atoms with Gasteiger partial charge in [-0.2, -0.15) is 5.26 Å². The summed E-state index contributed by atoms with van der Waals surface area (Å²) in [4.78, 5) is 67.0. The van der Waals surface area contributed by atoms with Gasteiger partial charge in [0.15, 0.2) is 46.1 Å². The van der Waals surface area contributed by atoms with Crippen molar-refractivity contribution in [3.8, 4) is 68.2 Å². The molecule has 10 aromatic carbocycles. The molecule has 0 spiro atoms. The van der Waals surface area contributed by atoms with Crippen LogP contribution in [0.1, 0.15) is 147 Å². The average molecular weight is 1850 g/mol. The van der Waals surface area contributed by atoms with Crippen molar-refractivity contribution in [3.05, 3.63) is 317 Å². The van der Waals surface area contributed by atoms with Crippen molar-refractivity contribution in [2.45, 2.75) is 116 Å². The fourth-order valence-electron chi connectivity index (χ4n) is 16.7. The maximum Gasteiger partial charge on any atom is 0.303 e. The summed E-state index contributed by atoms with van der Waals surface area (Å²) in [5.74, 6) is -5.07. The fraction of sp³-hybridized carbons (Fsp3) is 0.238.